The number of benzene rings is 2. The highest BCUT2D eigenvalue weighted by Crippen LogP contribution is 2.40. The van der Waals surface area contributed by atoms with Gasteiger partial charge in [-0.25, -0.2) is 4.98 Å². The lowest BCUT2D eigenvalue weighted by Gasteiger charge is -2.10. The Morgan fingerprint density at radius 3 is 2.56 bits per heavy atom. The summed E-state index contributed by atoms with van der Waals surface area (Å²) < 4.78 is 7.61. The van der Waals surface area contributed by atoms with Gasteiger partial charge in [-0.1, -0.05) is 42.5 Å². The predicted octanol–water partition coefficient (Wildman–Crippen LogP) is 4.66. The lowest BCUT2D eigenvalue weighted by Crippen LogP contribution is -2.23. The van der Waals surface area contributed by atoms with Crippen molar-refractivity contribution in [1.29, 1.82) is 0 Å². The van der Waals surface area contributed by atoms with Crippen molar-refractivity contribution in [1.82, 2.24) is 20.1 Å². The van der Waals surface area contributed by atoms with E-state index < -0.39 is 0 Å². The lowest BCUT2D eigenvalue weighted by atomic mass is 10.1. The van der Waals surface area contributed by atoms with E-state index in [2.05, 4.69) is 10.4 Å². The van der Waals surface area contributed by atoms with Gasteiger partial charge < -0.3 is 10.1 Å². The SMILES string of the molecule is Cc1nn(C)c2nc(C3CC3)cc(C(=O)NCc3ccc(OCc4ccccc4)cc3)c12. The third-order valence-corrected chi connectivity index (χ3v) is 5.85. The van der Waals surface area contributed by atoms with E-state index >= 15 is 0 Å². The van der Waals surface area contributed by atoms with Crippen LogP contribution in [-0.4, -0.2) is 20.7 Å². The predicted molar refractivity (Wildman–Crippen MR) is 124 cm³/mol. The molecular weight excluding hydrogens is 400 g/mol. The van der Waals surface area contributed by atoms with Gasteiger partial charge in [0.1, 0.15) is 12.4 Å². The van der Waals surface area contributed by atoms with Crippen LogP contribution >= 0.6 is 0 Å². The fourth-order valence-electron chi connectivity index (χ4n) is 3.95. The van der Waals surface area contributed by atoms with Crippen LogP contribution in [0.1, 0.15) is 51.6 Å². The minimum Gasteiger partial charge on any atom is -0.489 e. The number of aryl methyl sites for hydroxylation is 2. The molecule has 1 aliphatic rings. The van der Waals surface area contributed by atoms with E-state index in [-0.39, 0.29) is 5.91 Å². The summed E-state index contributed by atoms with van der Waals surface area (Å²) in [6.07, 6.45) is 2.27. The van der Waals surface area contributed by atoms with Crippen molar-refractivity contribution < 1.29 is 9.53 Å². The molecule has 1 fully saturated rings. The molecule has 2 aromatic heterocycles. The van der Waals surface area contributed by atoms with Crippen LogP contribution in [0.4, 0.5) is 0 Å². The van der Waals surface area contributed by atoms with Crippen molar-refractivity contribution in [2.24, 2.45) is 7.05 Å². The first kappa shape index (κ1) is 20.2. The van der Waals surface area contributed by atoms with Crippen LogP contribution in [0.5, 0.6) is 5.75 Å². The minimum absolute atomic E-state index is 0.0974. The number of ether oxygens (including phenoxy) is 1. The highest BCUT2D eigenvalue weighted by atomic mass is 16.5. The maximum atomic E-state index is 13.1. The van der Waals surface area contributed by atoms with Crippen molar-refractivity contribution in [2.45, 2.75) is 38.8 Å². The second kappa shape index (κ2) is 8.46. The molecule has 1 aliphatic carbocycles. The summed E-state index contributed by atoms with van der Waals surface area (Å²) in [5, 5.41) is 8.38. The molecule has 0 saturated heterocycles. The number of fused-ring (bicyclic) bond motifs is 1. The van der Waals surface area contributed by atoms with Gasteiger partial charge in [-0.3, -0.25) is 9.48 Å². The summed E-state index contributed by atoms with van der Waals surface area (Å²) in [5.74, 6) is 1.17. The van der Waals surface area contributed by atoms with Gasteiger partial charge in [0.2, 0.25) is 0 Å². The third kappa shape index (κ3) is 4.21. The number of hydrogen-bond donors (Lipinski definition) is 1. The molecule has 6 nitrogen and oxygen atoms in total. The molecule has 1 amide bonds. The topological polar surface area (TPSA) is 69.0 Å². The molecule has 5 rings (SSSR count). The van der Waals surface area contributed by atoms with E-state index in [4.69, 9.17) is 9.72 Å². The van der Waals surface area contributed by atoms with Gasteiger partial charge in [0, 0.05) is 25.2 Å². The fourth-order valence-corrected chi connectivity index (χ4v) is 3.95. The molecular formula is C26H26N4O2. The van der Waals surface area contributed by atoms with Crippen LogP contribution in [0.2, 0.25) is 0 Å². The number of amides is 1. The van der Waals surface area contributed by atoms with Crippen LogP contribution in [0.3, 0.4) is 0 Å². The molecule has 0 unspecified atom stereocenters. The first-order chi connectivity index (χ1) is 15.6. The van der Waals surface area contributed by atoms with Crippen LogP contribution in [0.15, 0.2) is 60.7 Å². The van der Waals surface area contributed by atoms with E-state index in [9.17, 15) is 4.79 Å². The molecule has 0 atom stereocenters. The average molecular weight is 427 g/mol. The number of nitrogens with one attached hydrogen (secondary N) is 1. The molecule has 6 heteroatoms. The Balaban J connectivity index is 1.27. The minimum atomic E-state index is -0.0974. The monoisotopic (exact) mass is 426 g/mol. The van der Waals surface area contributed by atoms with Crippen molar-refractivity contribution in [3.05, 3.63) is 88.7 Å². The third-order valence-electron chi connectivity index (χ3n) is 5.85. The Morgan fingerprint density at radius 2 is 1.84 bits per heavy atom. The van der Waals surface area contributed by atoms with E-state index in [0.717, 1.165) is 52.1 Å². The summed E-state index contributed by atoms with van der Waals surface area (Å²) >= 11 is 0. The quantitative estimate of drug-likeness (QED) is 0.467. The Kier molecular flexibility index (Phi) is 5.35. The smallest absolute Gasteiger partial charge is 0.252 e. The van der Waals surface area contributed by atoms with Crippen molar-refractivity contribution >= 4 is 16.9 Å². The summed E-state index contributed by atoms with van der Waals surface area (Å²) in [6, 6.07) is 19.9. The molecule has 4 aromatic rings. The van der Waals surface area contributed by atoms with E-state index in [1.807, 2.05) is 74.6 Å². The van der Waals surface area contributed by atoms with Gasteiger partial charge in [0.25, 0.3) is 5.91 Å². The second-order valence-electron chi connectivity index (χ2n) is 8.38. The van der Waals surface area contributed by atoms with Crippen LogP contribution in [0, 0.1) is 6.92 Å². The highest BCUT2D eigenvalue weighted by Gasteiger charge is 2.28. The van der Waals surface area contributed by atoms with Gasteiger partial charge in [-0.2, -0.15) is 5.10 Å². The number of carbonyl (C=O) groups excluding carboxylic acids is 1. The van der Waals surface area contributed by atoms with Gasteiger partial charge >= 0.3 is 0 Å². The molecule has 0 spiro atoms. The zero-order valence-corrected chi connectivity index (χ0v) is 18.3. The van der Waals surface area contributed by atoms with Crippen molar-refractivity contribution in [3.8, 4) is 5.75 Å². The van der Waals surface area contributed by atoms with Crippen molar-refractivity contribution in [3.63, 3.8) is 0 Å². The summed E-state index contributed by atoms with van der Waals surface area (Å²) in [4.78, 5) is 17.9. The molecule has 0 radical (unpaired) electrons. The molecule has 32 heavy (non-hydrogen) atoms. The Bertz CT molecular complexity index is 1260. The van der Waals surface area contributed by atoms with Gasteiger partial charge in [0.15, 0.2) is 5.65 Å². The first-order valence-corrected chi connectivity index (χ1v) is 11.0. The second-order valence-corrected chi connectivity index (χ2v) is 8.38. The molecule has 1 N–H and O–H groups in total. The van der Waals surface area contributed by atoms with Crippen LogP contribution < -0.4 is 10.1 Å². The maximum absolute atomic E-state index is 13.1. The first-order valence-electron chi connectivity index (χ1n) is 11.0. The average Bonchev–Trinajstić information content (AvgIpc) is 3.63. The molecule has 2 aromatic carbocycles. The molecule has 2 heterocycles. The van der Waals surface area contributed by atoms with Gasteiger partial charge in [0.05, 0.1) is 16.6 Å². The number of carbonyl (C=O) groups is 1. The summed E-state index contributed by atoms with van der Waals surface area (Å²) in [5.41, 5.74) is 5.39. The molecule has 0 aliphatic heterocycles. The van der Waals surface area contributed by atoms with Gasteiger partial charge in [-0.05, 0) is 49.1 Å². The summed E-state index contributed by atoms with van der Waals surface area (Å²) in [6.45, 7) is 2.90. The lowest BCUT2D eigenvalue weighted by molar-refractivity contribution is 0.0952. The number of aromatic nitrogens is 3. The normalized spacial score (nSPS) is 13.3. The Hall–Kier alpha value is -3.67. The van der Waals surface area contributed by atoms with E-state index in [1.165, 1.54) is 0 Å². The standard InChI is InChI=1S/C26H26N4O2/c1-17-24-22(14-23(20-10-11-20)28-25(24)30(2)29-17)26(31)27-15-18-8-12-21(13-9-18)32-16-19-6-4-3-5-7-19/h3-9,12-14,20H,10-11,15-16H2,1-2H3,(H,27,31). The number of pyridine rings is 1. The van der Waals surface area contributed by atoms with E-state index in [0.29, 0.717) is 24.6 Å². The zero-order valence-electron chi connectivity index (χ0n) is 18.3. The van der Waals surface area contributed by atoms with Crippen molar-refractivity contribution in [2.75, 3.05) is 0 Å². The number of nitrogens with zero attached hydrogens (tertiary/aromatic N) is 3. The Morgan fingerprint density at radius 1 is 1.09 bits per heavy atom. The molecule has 1 saturated carbocycles. The highest BCUT2D eigenvalue weighted by molar-refractivity contribution is 6.06. The maximum Gasteiger partial charge on any atom is 0.252 e. The molecule has 162 valence electrons. The largest absolute Gasteiger partial charge is 0.489 e. The molecule has 0 bridgehead atoms. The van der Waals surface area contributed by atoms with E-state index in [1.54, 1.807) is 4.68 Å². The van der Waals surface area contributed by atoms with Crippen LogP contribution in [0.25, 0.3) is 11.0 Å². The summed E-state index contributed by atoms with van der Waals surface area (Å²) in [7, 11) is 1.88. The van der Waals surface area contributed by atoms with Crippen LogP contribution in [-0.2, 0) is 20.2 Å². The van der Waals surface area contributed by atoms with Gasteiger partial charge in [-0.15, -0.1) is 0 Å². The number of rotatable bonds is 7. The zero-order chi connectivity index (χ0) is 22.1. The fraction of sp³-hybridized carbons (Fsp3) is 0.269. The number of hydrogen-bond acceptors (Lipinski definition) is 4. The Labute approximate surface area is 187 Å².